The number of aldehydes is 1. The van der Waals surface area contributed by atoms with E-state index in [1.54, 1.807) is 19.2 Å². The van der Waals surface area contributed by atoms with Gasteiger partial charge < -0.3 is 0 Å². The van der Waals surface area contributed by atoms with Crippen LogP contribution in [0.25, 0.3) is 0 Å². The first-order valence-electron chi connectivity index (χ1n) is 3.20. The molecule has 0 spiro atoms. The average Bonchev–Trinajstić information content (AvgIpc) is 2.06. The highest BCUT2D eigenvalue weighted by atomic mass is 16.1. The van der Waals surface area contributed by atoms with Crippen LogP contribution >= 0.6 is 0 Å². The third kappa shape index (κ3) is 1.91. The van der Waals surface area contributed by atoms with Crippen molar-refractivity contribution in [2.75, 3.05) is 0 Å². The normalized spacial score (nSPS) is 8.09. The van der Waals surface area contributed by atoms with Crippen LogP contribution in [0.4, 0.5) is 0 Å². The van der Waals surface area contributed by atoms with E-state index in [0.29, 0.717) is 5.56 Å². The lowest BCUT2D eigenvalue weighted by Crippen LogP contribution is -1.83. The van der Waals surface area contributed by atoms with Gasteiger partial charge in [-0.3, -0.25) is 9.78 Å². The van der Waals surface area contributed by atoms with E-state index in [2.05, 4.69) is 16.8 Å². The quantitative estimate of drug-likeness (QED) is 0.440. The molecular weight excluding hydrogens is 138 g/mol. The van der Waals surface area contributed by atoms with Crippen LogP contribution in [0, 0.1) is 11.8 Å². The van der Waals surface area contributed by atoms with Crippen molar-refractivity contribution in [1.29, 1.82) is 0 Å². The van der Waals surface area contributed by atoms with Crippen LogP contribution in [0.15, 0.2) is 18.5 Å². The molecule has 0 unspecified atom stereocenters. The van der Waals surface area contributed by atoms with Crippen LogP contribution < -0.4 is 0 Å². The molecule has 11 heavy (non-hydrogen) atoms. The lowest BCUT2D eigenvalue weighted by Gasteiger charge is -1.89. The van der Waals surface area contributed by atoms with Crippen molar-refractivity contribution in [2.45, 2.75) is 6.92 Å². The fourth-order valence-corrected chi connectivity index (χ4v) is 0.735. The molecule has 1 aromatic rings. The first-order chi connectivity index (χ1) is 5.36. The summed E-state index contributed by atoms with van der Waals surface area (Å²) in [6.45, 7) is 1.74. The number of aromatic nitrogens is 1. The molecule has 0 saturated carbocycles. The second-order valence-electron chi connectivity index (χ2n) is 2.00. The molecule has 2 heteroatoms. The standard InChI is InChI=1S/C9H7NO/c1-2-3-8-4-9(7-11)6-10-5-8/h4-7H,1H3. The van der Waals surface area contributed by atoms with E-state index in [-0.39, 0.29) is 0 Å². The zero-order chi connectivity index (χ0) is 8.10. The minimum Gasteiger partial charge on any atom is -0.298 e. The highest BCUT2D eigenvalue weighted by Gasteiger charge is 1.90. The maximum absolute atomic E-state index is 10.3. The summed E-state index contributed by atoms with van der Waals surface area (Å²) in [6.07, 6.45) is 3.89. The molecule has 1 heterocycles. The Morgan fingerprint density at radius 1 is 1.55 bits per heavy atom. The summed E-state index contributed by atoms with van der Waals surface area (Å²) in [4.78, 5) is 14.1. The molecule has 0 aliphatic rings. The lowest BCUT2D eigenvalue weighted by molar-refractivity contribution is 0.112. The topological polar surface area (TPSA) is 30.0 Å². The Kier molecular flexibility index (Phi) is 2.40. The van der Waals surface area contributed by atoms with Gasteiger partial charge in [0.05, 0.1) is 0 Å². The van der Waals surface area contributed by atoms with Gasteiger partial charge in [-0.1, -0.05) is 5.92 Å². The Labute approximate surface area is 65.3 Å². The molecule has 54 valence electrons. The minimum absolute atomic E-state index is 0.560. The molecule has 2 nitrogen and oxygen atoms in total. The number of hydrogen-bond acceptors (Lipinski definition) is 2. The molecule has 0 bridgehead atoms. The number of rotatable bonds is 1. The van der Waals surface area contributed by atoms with E-state index in [1.165, 1.54) is 6.20 Å². The summed E-state index contributed by atoms with van der Waals surface area (Å²) in [5, 5.41) is 0. The largest absolute Gasteiger partial charge is 0.298 e. The number of pyridine rings is 1. The van der Waals surface area contributed by atoms with E-state index in [0.717, 1.165) is 11.8 Å². The van der Waals surface area contributed by atoms with Crippen molar-refractivity contribution in [2.24, 2.45) is 0 Å². The zero-order valence-electron chi connectivity index (χ0n) is 6.16. The predicted octanol–water partition coefficient (Wildman–Crippen LogP) is 1.27. The van der Waals surface area contributed by atoms with Gasteiger partial charge in [-0.25, -0.2) is 0 Å². The number of carbonyl (C=O) groups excluding carboxylic acids is 1. The van der Waals surface area contributed by atoms with Gasteiger partial charge in [0.15, 0.2) is 6.29 Å². The van der Waals surface area contributed by atoms with Crippen LogP contribution in [0.3, 0.4) is 0 Å². The number of nitrogens with zero attached hydrogens (tertiary/aromatic N) is 1. The second kappa shape index (κ2) is 3.52. The Morgan fingerprint density at radius 3 is 3.00 bits per heavy atom. The highest BCUT2D eigenvalue weighted by Crippen LogP contribution is 1.97. The second-order valence-corrected chi connectivity index (χ2v) is 2.00. The first kappa shape index (κ1) is 7.49. The zero-order valence-corrected chi connectivity index (χ0v) is 6.16. The van der Waals surface area contributed by atoms with Gasteiger partial charge in [0.2, 0.25) is 0 Å². The monoisotopic (exact) mass is 145 g/mol. The maximum Gasteiger partial charge on any atom is 0.151 e. The molecule has 0 aliphatic heterocycles. The molecule has 0 atom stereocenters. The van der Waals surface area contributed by atoms with Gasteiger partial charge in [0.25, 0.3) is 0 Å². The summed E-state index contributed by atoms with van der Waals surface area (Å²) >= 11 is 0. The van der Waals surface area contributed by atoms with Crippen molar-refractivity contribution in [3.05, 3.63) is 29.6 Å². The molecule has 1 aromatic heterocycles. The van der Waals surface area contributed by atoms with Gasteiger partial charge in [0.1, 0.15) is 0 Å². The minimum atomic E-state index is 0.560. The van der Waals surface area contributed by atoms with Gasteiger partial charge in [-0.05, 0) is 13.0 Å². The average molecular weight is 145 g/mol. The van der Waals surface area contributed by atoms with Crippen LogP contribution in [0.2, 0.25) is 0 Å². The summed E-state index contributed by atoms with van der Waals surface area (Å²) in [7, 11) is 0. The predicted molar refractivity (Wildman–Crippen MR) is 42.2 cm³/mol. The smallest absolute Gasteiger partial charge is 0.151 e. The van der Waals surface area contributed by atoms with Gasteiger partial charge in [0, 0.05) is 23.5 Å². The molecule has 0 amide bonds. The molecule has 0 radical (unpaired) electrons. The molecule has 0 saturated heterocycles. The Hall–Kier alpha value is -1.62. The molecule has 1 rings (SSSR count). The summed E-state index contributed by atoms with van der Waals surface area (Å²) in [6, 6.07) is 1.70. The number of carbonyl (C=O) groups is 1. The first-order valence-corrected chi connectivity index (χ1v) is 3.20. The fourth-order valence-electron chi connectivity index (χ4n) is 0.735. The van der Waals surface area contributed by atoms with Crippen molar-refractivity contribution >= 4 is 6.29 Å². The summed E-state index contributed by atoms with van der Waals surface area (Å²) in [5.41, 5.74) is 1.34. The number of hydrogen-bond donors (Lipinski definition) is 0. The lowest BCUT2D eigenvalue weighted by atomic mass is 10.2. The Bertz CT molecular complexity index is 320. The van der Waals surface area contributed by atoms with Crippen molar-refractivity contribution < 1.29 is 4.79 Å². The van der Waals surface area contributed by atoms with Crippen molar-refractivity contribution in [1.82, 2.24) is 4.98 Å². The summed E-state index contributed by atoms with van der Waals surface area (Å²) in [5.74, 6) is 5.54. The molecule has 0 aliphatic carbocycles. The Balaban J connectivity index is 3.06. The molecular formula is C9H7NO. The van der Waals surface area contributed by atoms with Crippen LogP contribution in [-0.2, 0) is 0 Å². The molecule has 0 fully saturated rings. The van der Waals surface area contributed by atoms with Gasteiger partial charge in [-0.2, -0.15) is 0 Å². The highest BCUT2D eigenvalue weighted by molar-refractivity contribution is 5.74. The van der Waals surface area contributed by atoms with Crippen molar-refractivity contribution in [3.63, 3.8) is 0 Å². The summed E-state index contributed by atoms with van der Waals surface area (Å²) < 4.78 is 0. The molecule has 0 N–H and O–H groups in total. The molecule has 0 aromatic carbocycles. The van der Waals surface area contributed by atoms with Crippen LogP contribution in [-0.4, -0.2) is 11.3 Å². The van der Waals surface area contributed by atoms with E-state index in [4.69, 9.17) is 0 Å². The van der Waals surface area contributed by atoms with Crippen LogP contribution in [0.1, 0.15) is 22.8 Å². The van der Waals surface area contributed by atoms with Gasteiger partial charge in [-0.15, -0.1) is 5.92 Å². The van der Waals surface area contributed by atoms with Crippen LogP contribution in [0.5, 0.6) is 0 Å². The van der Waals surface area contributed by atoms with E-state index in [1.807, 2.05) is 0 Å². The van der Waals surface area contributed by atoms with E-state index < -0.39 is 0 Å². The van der Waals surface area contributed by atoms with E-state index >= 15 is 0 Å². The third-order valence-corrected chi connectivity index (χ3v) is 1.16. The fraction of sp³-hybridized carbons (Fsp3) is 0.111. The Morgan fingerprint density at radius 2 is 2.36 bits per heavy atom. The van der Waals surface area contributed by atoms with Gasteiger partial charge >= 0.3 is 0 Å². The maximum atomic E-state index is 10.3. The van der Waals surface area contributed by atoms with E-state index in [9.17, 15) is 4.79 Å². The SMILES string of the molecule is CC#Cc1cncc(C=O)c1. The third-order valence-electron chi connectivity index (χ3n) is 1.16. The van der Waals surface area contributed by atoms with Crippen molar-refractivity contribution in [3.8, 4) is 11.8 Å².